The smallest absolute Gasteiger partial charge is 0.545 e. The molecule has 0 saturated heterocycles. The molecule has 0 aliphatic carbocycles. The van der Waals surface area contributed by atoms with E-state index in [0.29, 0.717) is 24.3 Å². The van der Waals surface area contributed by atoms with Gasteiger partial charge in [0.05, 0.1) is 23.1 Å². The average Bonchev–Trinajstić information content (AvgIpc) is 2.54. The van der Waals surface area contributed by atoms with Gasteiger partial charge in [-0.15, -0.1) is 0 Å². The molecule has 0 saturated carbocycles. The number of rotatable bonds is 2. The van der Waals surface area contributed by atoms with Gasteiger partial charge in [0.2, 0.25) is 0 Å². The molecule has 2 aromatic rings. The number of benzene rings is 2. The van der Waals surface area contributed by atoms with Crippen LogP contribution in [0.4, 0.5) is 26.3 Å². The van der Waals surface area contributed by atoms with Crippen molar-refractivity contribution in [3.8, 4) is 0 Å². The first-order valence-electron chi connectivity index (χ1n) is 6.59. The van der Waals surface area contributed by atoms with Crippen LogP contribution >= 0.6 is 0 Å². The van der Waals surface area contributed by atoms with E-state index in [9.17, 15) is 46.1 Å². The molecule has 0 aliphatic rings. The van der Waals surface area contributed by atoms with E-state index in [2.05, 4.69) is 0 Å². The van der Waals surface area contributed by atoms with E-state index in [1.54, 1.807) is 0 Å². The zero-order valence-electron chi connectivity index (χ0n) is 13.2. The van der Waals surface area contributed by atoms with Gasteiger partial charge in [0.1, 0.15) is 0 Å². The number of carboxylic acid groups (broad SMARTS) is 2. The van der Waals surface area contributed by atoms with Gasteiger partial charge in [0, 0.05) is 0 Å². The topological polar surface area (TPSA) is 80.3 Å². The molecule has 0 fully saturated rings. The van der Waals surface area contributed by atoms with Crippen LogP contribution < -0.4 is 10.2 Å². The second-order valence-corrected chi connectivity index (χ2v) is 4.73. The van der Waals surface area contributed by atoms with Crippen LogP contribution in [0.1, 0.15) is 31.8 Å². The first kappa shape index (κ1) is 24.7. The van der Waals surface area contributed by atoms with Crippen LogP contribution in [0.25, 0.3) is 0 Å². The second kappa shape index (κ2) is 9.60. The molecule has 0 bridgehead atoms. The van der Waals surface area contributed by atoms with Gasteiger partial charge in [-0.3, -0.25) is 0 Å². The van der Waals surface area contributed by atoms with Gasteiger partial charge >= 0.3 is 35.4 Å². The predicted octanol–water partition coefficient (Wildman–Crippen LogP) is 1.76. The Labute approximate surface area is 164 Å². The minimum atomic E-state index is -4.44. The van der Waals surface area contributed by atoms with Crippen LogP contribution in [0.15, 0.2) is 48.5 Å². The van der Waals surface area contributed by atoms with Crippen LogP contribution in [0, 0.1) is 0 Å². The number of alkyl halides is 6. The zero-order valence-corrected chi connectivity index (χ0v) is 14.6. The van der Waals surface area contributed by atoms with Crippen LogP contribution in [0.5, 0.6) is 0 Å². The van der Waals surface area contributed by atoms with E-state index in [-0.39, 0.29) is 34.2 Å². The standard InChI is InChI=1S/2C8H5F3O2.Mg/c2*9-8(10,11)6-3-1-5(2-4-6)7(12)13;/h2*1-4H,(H,12,13);/q;;+2/p-2. The summed E-state index contributed by atoms with van der Waals surface area (Å²) in [6, 6.07) is 6.24. The van der Waals surface area contributed by atoms with E-state index >= 15 is 0 Å². The van der Waals surface area contributed by atoms with Crippen molar-refractivity contribution in [3.05, 3.63) is 70.8 Å². The minimum absolute atomic E-state index is 0. The van der Waals surface area contributed by atoms with E-state index in [1.807, 2.05) is 0 Å². The van der Waals surface area contributed by atoms with Crippen LogP contribution in [0.3, 0.4) is 0 Å². The van der Waals surface area contributed by atoms with Crippen molar-refractivity contribution in [2.24, 2.45) is 0 Å². The molecule has 0 heterocycles. The van der Waals surface area contributed by atoms with E-state index in [1.165, 1.54) is 0 Å². The number of hydrogen-bond donors (Lipinski definition) is 0. The Bertz CT molecular complexity index is 700. The van der Waals surface area contributed by atoms with Gasteiger partial charge in [0.25, 0.3) is 0 Å². The van der Waals surface area contributed by atoms with Gasteiger partial charge in [-0.2, -0.15) is 26.3 Å². The summed E-state index contributed by atoms with van der Waals surface area (Å²) in [5.41, 5.74) is -2.30. The maximum atomic E-state index is 12.0. The van der Waals surface area contributed by atoms with Crippen molar-refractivity contribution >= 4 is 35.0 Å². The van der Waals surface area contributed by atoms with Gasteiger partial charge in [-0.25, -0.2) is 0 Å². The number of carbonyl (C=O) groups excluding carboxylic acids is 2. The molecular formula is C16H8F6MgO4. The molecule has 0 amide bonds. The van der Waals surface area contributed by atoms with Crippen molar-refractivity contribution in [1.82, 2.24) is 0 Å². The fourth-order valence-corrected chi connectivity index (χ4v) is 1.59. The summed E-state index contributed by atoms with van der Waals surface area (Å²) in [7, 11) is 0. The summed E-state index contributed by atoms with van der Waals surface area (Å²) < 4.78 is 71.7. The largest absolute Gasteiger partial charge is 2.00 e. The van der Waals surface area contributed by atoms with E-state index in [0.717, 1.165) is 24.3 Å². The molecular weight excluding hydrogens is 394 g/mol. The number of halogens is 6. The normalized spacial score (nSPS) is 10.9. The van der Waals surface area contributed by atoms with Gasteiger partial charge in [-0.05, 0) is 35.4 Å². The van der Waals surface area contributed by atoms with Crippen LogP contribution in [-0.2, 0) is 12.4 Å². The number of aromatic carboxylic acids is 2. The Balaban J connectivity index is 0.000000483. The van der Waals surface area contributed by atoms with E-state index in [4.69, 9.17) is 0 Å². The number of carbonyl (C=O) groups is 2. The summed E-state index contributed by atoms with van der Waals surface area (Å²) in [6.07, 6.45) is -8.88. The maximum absolute atomic E-state index is 12.0. The molecule has 2 aromatic carbocycles. The summed E-state index contributed by atoms with van der Waals surface area (Å²) in [5.74, 6) is -2.98. The van der Waals surface area contributed by atoms with Gasteiger partial charge < -0.3 is 19.8 Å². The van der Waals surface area contributed by atoms with Crippen molar-refractivity contribution < 1.29 is 46.1 Å². The van der Waals surface area contributed by atoms with Crippen molar-refractivity contribution in [3.63, 3.8) is 0 Å². The minimum Gasteiger partial charge on any atom is -0.545 e. The molecule has 2 rings (SSSR count). The fourth-order valence-electron chi connectivity index (χ4n) is 1.59. The first-order chi connectivity index (χ1) is 11.8. The average molecular weight is 403 g/mol. The maximum Gasteiger partial charge on any atom is 2.00 e. The Morgan fingerprint density at radius 3 is 0.963 bits per heavy atom. The molecule has 0 radical (unpaired) electrons. The summed E-state index contributed by atoms with van der Waals surface area (Å²) in [5, 5.41) is 20.3. The van der Waals surface area contributed by atoms with Gasteiger partial charge in [0.15, 0.2) is 0 Å². The molecule has 0 N–H and O–H groups in total. The number of carboxylic acids is 2. The predicted molar refractivity (Wildman–Crippen MR) is 77.3 cm³/mol. The molecule has 0 aromatic heterocycles. The Hall–Kier alpha value is -2.27. The molecule has 11 heteroatoms. The van der Waals surface area contributed by atoms with Gasteiger partial charge in [-0.1, -0.05) is 24.3 Å². The quantitative estimate of drug-likeness (QED) is 0.566. The molecule has 0 atom stereocenters. The monoisotopic (exact) mass is 402 g/mol. The Kier molecular flexibility index (Phi) is 8.79. The molecule has 0 aliphatic heterocycles. The van der Waals surface area contributed by atoms with Crippen molar-refractivity contribution in [2.75, 3.05) is 0 Å². The molecule has 27 heavy (non-hydrogen) atoms. The Morgan fingerprint density at radius 2 is 0.815 bits per heavy atom. The Morgan fingerprint density at radius 1 is 0.593 bits per heavy atom. The van der Waals surface area contributed by atoms with Crippen LogP contribution in [-0.4, -0.2) is 35.0 Å². The van der Waals surface area contributed by atoms with E-state index < -0.39 is 35.4 Å². The number of hydrogen-bond acceptors (Lipinski definition) is 4. The summed E-state index contributed by atoms with van der Waals surface area (Å²) >= 11 is 0. The third-order valence-corrected chi connectivity index (χ3v) is 2.90. The van der Waals surface area contributed by atoms with Crippen molar-refractivity contribution in [1.29, 1.82) is 0 Å². The van der Waals surface area contributed by atoms with Crippen LogP contribution in [0.2, 0.25) is 0 Å². The molecule has 0 spiro atoms. The first-order valence-corrected chi connectivity index (χ1v) is 6.59. The SMILES string of the molecule is O=C([O-])c1ccc(C(F)(F)F)cc1.O=C([O-])c1ccc(C(F)(F)F)cc1.[Mg+2]. The van der Waals surface area contributed by atoms with Crippen molar-refractivity contribution in [2.45, 2.75) is 12.4 Å². The second-order valence-electron chi connectivity index (χ2n) is 4.73. The third-order valence-electron chi connectivity index (χ3n) is 2.90. The zero-order chi connectivity index (χ0) is 20.1. The summed E-state index contributed by atoms with van der Waals surface area (Å²) in [4.78, 5) is 20.3. The fraction of sp³-hybridized carbons (Fsp3) is 0.125. The molecule has 140 valence electrons. The molecule has 0 unspecified atom stereocenters. The third kappa shape index (κ3) is 7.87. The summed E-state index contributed by atoms with van der Waals surface area (Å²) in [6.45, 7) is 0. The molecule has 4 nitrogen and oxygen atoms in total.